The van der Waals surface area contributed by atoms with E-state index in [0.717, 1.165) is 5.56 Å². The summed E-state index contributed by atoms with van der Waals surface area (Å²) in [5, 5.41) is 27.6. The van der Waals surface area contributed by atoms with Crippen molar-refractivity contribution in [1.82, 2.24) is 20.5 Å². The quantitative estimate of drug-likeness (QED) is 0.472. The number of nitrogen functional groups attached to an aromatic ring is 1. The van der Waals surface area contributed by atoms with Gasteiger partial charge in [0.05, 0.1) is 16.8 Å². The number of aromatic amines is 1. The van der Waals surface area contributed by atoms with Gasteiger partial charge in [0.25, 0.3) is 0 Å². The molecular formula is C10H9N7O3. The highest BCUT2D eigenvalue weighted by molar-refractivity contribution is 5.93. The maximum Gasteiger partial charge on any atom is 0.300 e. The van der Waals surface area contributed by atoms with Crippen LogP contribution in [-0.2, 0) is 6.54 Å². The third kappa shape index (κ3) is 1.88. The van der Waals surface area contributed by atoms with Crippen molar-refractivity contribution in [3.8, 4) is 0 Å². The highest BCUT2D eigenvalue weighted by atomic mass is 16.6. The second-order valence-electron chi connectivity index (χ2n) is 4.01. The van der Waals surface area contributed by atoms with Crippen molar-refractivity contribution in [1.29, 1.82) is 0 Å². The molecule has 0 radical (unpaired) electrons. The van der Waals surface area contributed by atoms with E-state index in [-0.39, 0.29) is 11.2 Å². The number of nitrogens with zero attached hydrogens (tertiary/aromatic N) is 4. The van der Waals surface area contributed by atoms with Crippen LogP contribution in [0.15, 0.2) is 23.0 Å². The fourth-order valence-electron chi connectivity index (χ4n) is 1.80. The van der Waals surface area contributed by atoms with Crippen molar-refractivity contribution in [3.05, 3.63) is 34.0 Å². The zero-order chi connectivity index (χ0) is 14.1. The molecule has 10 heteroatoms. The van der Waals surface area contributed by atoms with Crippen molar-refractivity contribution in [2.45, 2.75) is 6.54 Å². The van der Waals surface area contributed by atoms with Gasteiger partial charge in [0.2, 0.25) is 5.52 Å². The van der Waals surface area contributed by atoms with E-state index in [9.17, 15) is 10.1 Å². The number of anilines is 2. The van der Waals surface area contributed by atoms with Gasteiger partial charge in [-0.2, -0.15) is 5.10 Å². The lowest BCUT2D eigenvalue weighted by atomic mass is 10.2. The van der Waals surface area contributed by atoms with Crippen molar-refractivity contribution < 1.29 is 9.55 Å². The lowest BCUT2D eigenvalue weighted by Gasteiger charge is -2.05. The molecule has 20 heavy (non-hydrogen) atoms. The molecule has 102 valence electrons. The number of benzene rings is 1. The number of nitrogens with two attached hydrogens (primary N) is 1. The largest absolute Gasteiger partial charge is 0.384 e. The predicted octanol–water partition coefficient (Wildman–Crippen LogP) is 1.05. The van der Waals surface area contributed by atoms with E-state index >= 15 is 0 Å². The molecule has 4 N–H and O–H groups in total. The van der Waals surface area contributed by atoms with Crippen LogP contribution in [0.25, 0.3) is 11.0 Å². The van der Waals surface area contributed by atoms with Gasteiger partial charge in [-0.05, 0) is 16.4 Å². The Hall–Kier alpha value is -3.17. The van der Waals surface area contributed by atoms with Crippen LogP contribution in [0.3, 0.4) is 0 Å². The Labute approximate surface area is 111 Å². The Balaban J connectivity index is 1.93. The Bertz CT molecular complexity index is 778. The zero-order valence-electron chi connectivity index (χ0n) is 10.0. The highest BCUT2D eigenvalue weighted by Crippen LogP contribution is 2.29. The zero-order valence-corrected chi connectivity index (χ0v) is 10.0. The van der Waals surface area contributed by atoms with E-state index in [0.29, 0.717) is 23.6 Å². The van der Waals surface area contributed by atoms with E-state index in [2.05, 4.69) is 30.5 Å². The van der Waals surface area contributed by atoms with Crippen molar-refractivity contribution in [2.24, 2.45) is 0 Å². The topological polar surface area (TPSA) is 149 Å². The Morgan fingerprint density at radius 2 is 2.20 bits per heavy atom. The second-order valence-corrected chi connectivity index (χ2v) is 4.01. The van der Waals surface area contributed by atoms with Gasteiger partial charge < -0.3 is 11.1 Å². The minimum Gasteiger partial charge on any atom is -0.384 e. The molecule has 3 aromatic rings. The maximum absolute atomic E-state index is 10.9. The highest BCUT2D eigenvalue weighted by Gasteiger charge is 2.19. The summed E-state index contributed by atoms with van der Waals surface area (Å²) in [6, 6.07) is 2.88. The van der Waals surface area contributed by atoms with Gasteiger partial charge in [-0.15, -0.1) is 0 Å². The van der Waals surface area contributed by atoms with Crippen LogP contribution in [0.1, 0.15) is 5.56 Å². The fraction of sp³-hybridized carbons (Fsp3) is 0.100. The molecular weight excluding hydrogens is 266 g/mol. The first-order chi connectivity index (χ1) is 9.66. The molecule has 0 fully saturated rings. The van der Waals surface area contributed by atoms with Gasteiger partial charge >= 0.3 is 5.69 Å². The predicted molar refractivity (Wildman–Crippen MR) is 68.8 cm³/mol. The van der Waals surface area contributed by atoms with Crippen molar-refractivity contribution >= 4 is 28.2 Å². The minimum atomic E-state index is -0.537. The number of fused-ring (bicyclic) bond motifs is 1. The maximum atomic E-state index is 10.9. The van der Waals surface area contributed by atoms with Crippen LogP contribution in [0, 0.1) is 10.1 Å². The second kappa shape index (κ2) is 4.50. The van der Waals surface area contributed by atoms with Crippen LogP contribution in [0.2, 0.25) is 0 Å². The number of nitro benzene ring substituents is 1. The molecule has 0 amide bonds. The number of aromatic nitrogens is 4. The monoisotopic (exact) mass is 275 g/mol. The molecule has 1 aromatic carbocycles. The molecule has 0 unspecified atom stereocenters. The lowest BCUT2D eigenvalue weighted by molar-refractivity contribution is -0.383. The fourth-order valence-corrected chi connectivity index (χ4v) is 1.80. The average Bonchev–Trinajstić information content (AvgIpc) is 3.04. The van der Waals surface area contributed by atoms with Crippen LogP contribution < -0.4 is 11.1 Å². The number of rotatable bonds is 4. The Kier molecular flexibility index (Phi) is 2.67. The first-order valence-corrected chi connectivity index (χ1v) is 5.58. The standard InChI is InChI=1S/C10H9N7O3/c11-10-5(4-13-14-10)3-12-6-1-2-7(17(18)19)9-8(6)15-20-16-9/h1-2,4,12H,3H2,(H3,11,13,14). The van der Waals surface area contributed by atoms with E-state index in [1.165, 1.54) is 6.07 Å². The molecule has 0 saturated carbocycles. The molecule has 2 aromatic heterocycles. The summed E-state index contributed by atoms with van der Waals surface area (Å²) in [5.74, 6) is 0.453. The summed E-state index contributed by atoms with van der Waals surface area (Å²) in [6.45, 7) is 0.391. The molecule has 0 bridgehead atoms. The van der Waals surface area contributed by atoms with Gasteiger partial charge in [0.15, 0.2) is 5.52 Å². The number of nitrogens with one attached hydrogen (secondary N) is 2. The Morgan fingerprint density at radius 3 is 2.90 bits per heavy atom. The van der Waals surface area contributed by atoms with E-state index in [1.807, 2.05) is 0 Å². The number of nitro groups is 1. The van der Waals surface area contributed by atoms with Crippen LogP contribution >= 0.6 is 0 Å². The van der Waals surface area contributed by atoms with Gasteiger partial charge in [-0.25, -0.2) is 4.63 Å². The SMILES string of the molecule is Nc1[nH]ncc1CNc1ccc([N+](=O)[O-])c2nonc12. The van der Waals surface area contributed by atoms with Gasteiger partial charge in [-0.1, -0.05) is 0 Å². The van der Waals surface area contributed by atoms with Gasteiger partial charge in [0.1, 0.15) is 5.82 Å². The first kappa shape index (κ1) is 11.9. The molecule has 2 heterocycles. The van der Waals surface area contributed by atoms with Gasteiger partial charge in [0, 0.05) is 18.2 Å². The first-order valence-electron chi connectivity index (χ1n) is 5.58. The van der Waals surface area contributed by atoms with E-state index < -0.39 is 4.92 Å². The molecule has 0 atom stereocenters. The van der Waals surface area contributed by atoms with Crippen molar-refractivity contribution in [3.63, 3.8) is 0 Å². The molecule has 0 aliphatic carbocycles. The average molecular weight is 275 g/mol. The lowest BCUT2D eigenvalue weighted by Crippen LogP contribution is -2.02. The summed E-state index contributed by atoms with van der Waals surface area (Å²) in [5.41, 5.74) is 7.23. The van der Waals surface area contributed by atoms with E-state index in [1.54, 1.807) is 12.3 Å². The number of hydrogen-bond acceptors (Lipinski definition) is 8. The Morgan fingerprint density at radius 1 is 1.40 bits per heavy atom. The minimum absolute atomic E-state index is 0.0974. The van der Waals surface area contributed by atoms with Gasteiger partial charge in [-0.3, -0.25) is 15.2 Å². The summed E-state index contributed by atoms with van der Waals surface area (Å²) in [4.78, 5) is 10.3. The number of hydrogen-bond donors (Lipinski definition) is 3. The summed E-state index contributed by atoms with van der Waals surface area (Å²) < 4.78 is 4.57. The summed E-state index contributed by atoms with van der Waals surface area (Å²) in [6.07, 6.45) is 1.59. The summed E-state index contributed by atoms with van der Waals surface area (Å²) in [7, 11) is 0. The molecule has 0 spiro atoms. The smallest absolute Gasteiger partial charge is 0.300 e. The third-order valence-corrected chi connectivity index (χ3v) is 2.81. The molecule has 0 aliphatic heterocycles. The molecule has 0 saturated heterocycles. The van der Waals surface area contributed by atoms with Crippen molar-refractivity contribution in [2.75, 3.05) is 11.1 Å². The van der Waals surface area contributed by atoms with Crippen LogP contribution in [0.4, 0.5) is 17.2 Å². The van der Waals surface area contributed by atoms with Crippen LogP contribution in [0.5, 0.6) is 0 Å². The third-order valence-electron chi connectivity index (χ3n) is 2.81. The number of non-ortho nitro benzene ring substituents is 1. The van der Waals surface area contributed by atoms with Crippen LogP contribution in [-0.4, -0.2) is 25.4 Å². The summed E-state index contributed by atoms with van der Waals surface area (Å²) >= 11 is 0. The number of H-pyrrole nitrogens is 1. The normalized spacial score (nSPS) is 10.8. The molecule has 3 rings (SSSR count). The molecule has 0 aliphatic rings. The molecule has 10 nitrogen and oxygen atoms in total. The van der Waals surface area contributed by atoms with E-state index in [4.69, 9.17) is 5.73 Å².